The number of aromatic nitrogens is 2. The van der Waals surface area contributed by atoms with E-state index < -0.39 is 17.9 Å². The summed E-state index contributed by atoms with van der Waals surface area (Å²) in [5.74, 6) is -1.47. The normalized spacial score (nSPS) is 12.8. The molecule has 3 N–H and O–H groups in total. The summed E-state index contributed by atoms with van der Waals surface area (Å²) in [5.41, 5.74) is 1.06. The van der Waals surface area contributed by atoms with Crippen molar-refractivity contribution >= 4 is 11.9 Å². The predicted octanol–water partition coefficient (Wildman–Crippen LogP) is 1.37. The Hall–Kier alpha value is -1.85. The van der Waals surface area contributed by atoms with Gasteiger partial charge in [-0.25, -0.2) is 4.79 Å². The molecule has 6 heteroatoms. The third kappa shape index (κ3) is 3.32. The van der Waals surface area contributed by atoms with Crippen molar-refractivity contribution in [3.8, 4) is 0 Å². The standard InChI is InChI=1S/C12H19N3O3/c1-6(2)8-5-9(15-14-8)11(16)13-10(7(3)4)12(17)18/h5-7,10H,1-4H3,(H,13,16)(H,14,15)(H,17,18)/t10-/m1/s1. The number of carboxylic acid groups (broad SMARTS) is 1. The molecular weight excluding hydrogens is 234 g/mol. The average Bonchev–Trinajstić information content (AvgIpc) is 2.73. The largest absolute Gasteiger partial charge is 0.480 e. The molecule has 0 radical (unpaired) electrons. The van der Waals surface area contributed by atoms with Crippen LogP contribution < -0.4 is 5.32 Å². The fraction of sp³-hybridized carbons (Fsp3) is 0.583. The van der Waals surface area contributed by atoms with Gasteiger partial charge in [0.25, 0.3) is 5.91 Å². The van der Waals surface area contributed by atoms with E-state index in [0.29, 0.717) is 0 Å². The third-order valence-electron chi connectivity index (χ3n) is 2.67. The monoisotopic (exact) mass is 253 g/mol. The summed E-state index contributed by atoms with van der Waals surface area (Å²) in [4.78, 5) is 22.8. The van der Waals surface area contributed by atoms with Gasteiger partial charge < -0.3 is 10.4 Å². The summed E-state index contributed by atoms with van der Waals surface area (Å²) < 4.78 is 0. The second-order valence-electron chi connectivity index (χ2n) is 4.90. The minimum atomic E-state index is -1.04. The van der Waals surface area contributed by atoms with Crippen LogP contribution in [0, 0.1) is 5.92 Å². The van der Waals surface area contributed by atoms with E-state index in [1.165, 1.54) is 0 Å². The lowest BCUT2D eigenvalue weighted by atomic mass is 10.0. The summed E-state index contributed by atoms with van der Waals surface area (Å²) in [6.07, 6.45) is 0. The Morgan fingerprint density at radius 3 is 2.33 bits per heavy atom. The first-order chi connectivity index (χ1) is 8.32. The van der Waals surface area contributed by atoms with Gasteiger partial charge in [-0.2, -0.15) is 5.10 Å². The number of hydrogen-bond donors (Lipinski definition) is 3. The molecule has 0 bridgehead atoms. The number of aromatic amines is 1. The number of carbonyl (C=O) groups is 2. The molecule has 0 saturated carbocycles. The van der Waals surface area contributed by atoms with E-state index >= 15 is 0 Å². The molecule has 1 atom stereocenters. The number of carboxylic acids is 1. The summed E-state index contributed by atoms with van der Waals surface area (Å²) in [6, 6.07) is 0.732. The number of aliphatic carboxylic acids is 1. The summed E-state index contributed by atoms with van der Waals surface area (Å²) >= 11 is 0. The van der Waals surface area contributed by atoms with E-state index in [-0.39, 0.29) is 17.5 Å². The lowest BCUT2D eigenvalue weighted by Crippen LogP contribution is -2.44. The van der Waals surface area contributed by atoms with Gasteiger partial charge in [-0.15, -0.1) is 0 Å². The lowest BCUT2D eigenvalue weighted by molar-refractivity contribution is -0.140. The van der Waals surface area contributed by atoms with Crippen LogP contribution in [-0.2, 0) is 4.79 Å². The molecule has 1 rings (SSSR count). The maximum Gasteiger partial charge on any atom is 0.326 e. The van der Waals surface area contributed by atoms with Crippen LogP contribution in [-0.4, -0.2) is 33.2 Å². The number of rotatable bonds is 5. The molecule has 0 unspecified atom stereocenters. The molecule has 1 amide bonds. The quantitative estimate of drug-likeness (QED) is 0.738. The molecule has 0 spiro atoms. The molecule has 1 heterocycles. The molecule has 100 valence electrons. The zero-order valence-electron chi connectivity index (χ0n) is 11.0. The van der Waals surface area contributed by atoms with Gasteiger partial charge in [0.15, 0.2) is 0 Å². The summed E-state index contributed by atoms with van der Waals surface area (Å²) in [5, 5.41) is 18.1. The van der Waals surface area contributed by atoms with Crippen molar-refractivity contribution in [2.24, 2.45) is 5.92 Å². The van der Waals surface area contributed by atoms with Crippen molar-refractivity contribution < 1.29 is 14.7 Å². The number of amides is 1. The zero-order valence-corrected chi connectivity index (χ0v) is 11.0. The number of H-pyrrole nitrogens is 1. The van der Waals surface area contributed by atoms with Crippen molar-refractivity contribution in [2.45, 2.75) is 39.7 Å². The second kappa shape index (κ2) is 5.66. The van der Waals surface area contributed by atoms with Crippen LogP contribution in [0.1, 0.15) is 49.8 Å². The summed E-state index contributed by atoms with van der Waals surface area (Å²) in [6.45, 7) is 7.43. The Labute approximate surface area is 106 Å². The lowest BCUT2D eigenvalue weighted by Gasteiger charge is -2.16. The van der Waals surface area contributed by atoms with E-state index in [1.807, 2.05) is 13.8 Å². The Bertz CT molecular complexity index is 438. The Balaban J connectivity index is 2.77. The van der Waals surface area contributed by atoms with E-state index in [9.17, 15) is 9.59 Å². The first kappa shape index (κ1) is 14.2. The molecular formula is C12H19N3O3. The van der Waals surface area contributed by atoms with E-state index in [1.54, 1.807) is 19.9 Å². The highest BCUT2D eigenvalue weighted by atomic mass is 16.4. The van der Waals surface area contributed by atoms with Gasteiger partial charge in [0.1, 0.15) is 11.7 Å². The Kier molecular flexibility index (Phi) is 4.47. The molecule has 0 aliphatic carbocycles. The average molecular weight is 253 g/mol. The number of nitrogens with one attached hydrogen (secondary N) is 2. The van der Waals surface area contributed by atoms with E-state index in [4.69, 9.17) is 5.11 Å². The van der Waals surface area contributed by atoms with Crippen LogP contribution in [0.2, 0.25) is 0 Å². The first-order valence-electron chi connectivity index (χ1n) is 5.92. The van der Waals surface area contributed by atoms with Gasteiger partial charge in [0, 0.05) is 5.69 Å². The highest BCUT2D eigenvalue weighted by Crippen LogP contribution is 2.12. The Morgan fingerprint density at radius 2 is 1.94 bits per heavy atom. The van der Waals surface area contributed by atoms with Crippen molar-refractivity contribution in [3.63, 3.8) is 0 Å². The van der Waals surface area contributed by atoms with Gasteiger partial charge >= 0.3 is 5.97 Å². The van der Waals surface area contributed by atoms with Crippen molar-refractivity contribution in [3.05, 3.63) is 17.5 Å². The fourth-order valence-electron chi connectivity index (χ4n) is 1.48. The molecule has 18 heavy (non-hydrogen) atoms. The number of carbonyl (C=O) groups excluding carboxylic acids is 1. The van der Waals surface area contributed by atoms with Crippen LogP contribution >= 0.6 is 0 Å². The van der Waals surface area contributed by atoms with E-state index in [0.717, 1.165) is 5.69 Å². The molecule has 0 aromatic carbocycles. The molecule has 0 saturated heterocycles. The van der Waals surface area contributed by atoms with Crippen molar-refractivity contribution in [2.75, 3.05) is 0 Å². The van der Waals surface area contributed by atoms with Crippen molar-refractivity contribution in [1.29, 1.82) is 0 Å². The topological polar surface area (TPSA) is 95.1 Å². The minimum absolute atomic E-state index is 0.185. The first-order valence-corrected chi connectivity index (χ1v) is 5.92. The fourth-order valence-corrected chi connectivity index (χ4v) is 1.48. The maximum absolute atomic E-state index is 11.8. The van der Waals surface area contributed by atoms with Gasteiger partial charge in [-0.05, 0) is 17.9 Å². The number of hydrogen-bond acceptors (Lipinski definition) is 3. The zero-order chi connectivity index (χ0) is 13.9. The molecule has 6 nitrogen and oxygen atoms in total. The minimum Gasteiger partial charge on any atom is -0.480 e. The Morgan fingerprint density at radius 1 is 1.33 bits per heavy atom. The molecule has 1 aromatic rings. The predicted molar refractivity (Wildman–Crippen MR) is 66.4 cm³/mol. The maximum atomic E-state index is 11.8. The highest BCUT2D eigenvalue weighted by Gasteiger charge is 2.25. The van der Waals surface area contributed by atoms with E-state index in [2.05, 4.69) is 15.5 Å². The van der Waals surface area contributed by atoms with Crippen LogP contribution in [0.3, 0.4) is 0 Å². The second-order valence-corrected chi connectivity index (χ2v) is 4.90. The van der Waals surface area contributed by atoms with Gasteiger partial charge in [-0.3, -0.25) is 9.89 Å². The van der Waals surface area contributed by atoms with Crippen LogP contribution in [0.15, 0.2) is 6.07 Å². The SMILES string of the molecule is CC(C)c1cc(C(=O)N[C@@H](C(=O)O)C(C)C)n[nH]1. The smallest absolute Gasteiger partial charge is 0.326 e. The molecule has 0 fully saturated rings. The molecule has 0 aliphatic rings. The summed E-state index contributed by atoms with van der Waals surface area (Å²) in [7, 11) is 0. The van der Waals surface area contributed by atoms with Crippen LogP contribution in [0.4, 0.5) is 0 Å². The van der Waals surface area contributed by atoms with Gasteiger partial charge in [0.2, 0.25) is 0 Å². The third-order valence-corrected chi connectivity index (χ3v) is 2.67. The van der Waals surface area contributed by atoms with Crippen molar-refractivity contribution in [1.82, 2.24) is 15.5 Å². The molecule has 1 aromatic heterocycles. The highest BCUT2D eigenvalue weighted by molar-refractivity contribution is 5.95. The van der Waals surface area contributed by atoms with Crippen LogP contribution in [0.25, 0.3) is 0 Å². The molecule has 0 aliphatic heterocycles. The van der Waals surface area contributed by atoms with Crippen LogP contribution in [0.5, 0.6) is 0 Å². The van der Waals surface area contributed by atoms with Gasteiger partial charge in [-0.1, -0.05) is 27.7 Å². The van der Waals surface area contributed by atoms with Gasteiger partial charge in [0.05, 0.1) is 0 Å². The number of nitrogens with zero attached hydrogens (tertiary/aromatic N) is 1.